The summed E-state index contributed by atoms with van der Waals surface area (Å²) in [5.74, 6) is 0.784. The lowest BCUT2D eigenvalue weighted by atomic mass is 9.92. The van der Waals surface area contributed by atoms with Gasteiger partial charge < -0.3 is 9.84 Å². The molecule has 0 amide bonds. The average Bonchev–Trinajstić information content (AvgIpc) is 2.14. The highest BCUT2D eigenvalue weighted by Crippen LogP contribution is 2.26. The average molecular weight is 179 g/mol. The maximum Gasteiger partial charge on any atom is 0.141 e. The molecule has 70 valence electrons. The predicted octanol–water partition coefficient (Wildman–Crippen LogP) is 1.29. The first-order chi connectivity index (χ1) is 6.27. The molecule has 2 atom stereocenters. The van der Waals surface area contributed by atoms with Crippen molar-refractivity contribution in [3.05, 3.63) is 24.0 Å². The number of hydrogen-bond donors (Lipinski definition) is 1. The van der Waals surface area contributed by atoms with Crippen molar-refractivity contribution in [2.75, 3.05) is 0 Å². The number of aliphatic hydroxyl groups excluding tert-OH is 1. The molecule has 1 aromatic rings. The number of ether oxygens (including phenoxy) is 1. The molecule has 0 bridgehead atoms. The van der Waals surface area contributed by atoms with Crippen LogP contribution in [0.15, 0.2) is 18.3 Å². The summed E-state index contributed by atoms with van der Waals surface area (Å²) < 4.78 is 5.58. The summed E-state index contributed by atoms with van der Waals surface area (Å²) in [6, 6.07) is 3.72. The normalized spacial score (nSPS) is 26.6. The van der Waals surface area contributed by atoms with Crippen LogP contribution in [0.2, 0.25) is 0 Å². The Bertz CT molecular complexity index is 301. The zero-order valence-corrected chi connectivity index (χ0v) is 7.60. The molecule has 3 heteroatoms. The first-order valence-corrected chi connectivity index (χ1v) is 4.54. The molecule has 1 N–H and O–H groups in total. The van der Waals surface area contributed by atoms with Crippen LogP contribution in [0.1, 0.15) is 18.5 Å². The summed E-state index contributed by atoms with van der Waals surface area (Å²) in [5.41, 5.74) is 0.876. The Balaban J connectivity index is 2.05. The minimum Gasteiger partial charge on any atom is -0.486 e. The van der Waals surface area contributed by atoms with Crippen molar-refractivity contribution in [2.24, 2.45) is 0 Å². The number of aromatic nitrogens is 1. The summed E-state index contributed by atoms with van der Waals surface area (Å²) in [7, 11) is 0. The van der Waals surface area contributed by atoms with Gasteiger partial charge in [-0.2, -0.15) is 0 Å². The maximum absolute atomic E-state index is 9.31. The van der Waals surface area contributed by atoms with Crippen molar-refractivity contribution in [3.8, 4) is 5.75 Å². The second-order valence-corrected chi connectivity index (χ2v) is 3.39. The molecule has 1 saturated carbocycles. The van der Waals surface area contributed by atoms with Gasteiger partial charge in [0.15, 0.2) is 0 Å². The van der Waals surface area contributed by atoms with Gasteiger partial charge in [-0.3, -0.25) is 4.98 Å². The smallest absolute Gasteiger partial charge is 0.141 e. The first kappa shape index (κ1) is 8.51. The molecule has 0 aliphatic heterocycles. The first-order valence-electron chi connectivity index (χ1n) is 4.54. The molecule has 0 aromatic carbocycles. The number of aryl methyl sites for hydroxylation is 1. The van der Waals surface area contributed by atoms with Crippen molar-refractivity contribution in [1.82, 2.24) is 4.98 Å². The van der Waals surface area contributed by atoms with Gasteiger partial charge in [0.25, 0.3) is 0 Å². The van der Waals surface area contributed by atoms with Crippen LogP contribution in [0.3, 0.4) is 0 Å². The standard InChI is InChI=1S/C10H13NO2/c1-7-9(3-2-6-11-7)13-10-5-4-8(10)12/h2-3,6,8,10,12H,4-5H2,1H3/t8-,10-/m1/s1. The fourth-order valence-corrected chi connectivity index (χ4v) is 1.35. The van der Waals surface area contributed by atoms with Crippen LogP contribution in [-0.4, -0.2) is 22.3 Å². The number of pyridine rings is 1. The van der Waals surface area contributed by atoms with Gasteiger partial charge in [-0.05, 0) is 31.9 Å². The van der Waals surface area contributed by atoms with Crippen molar-refractivity contribution in [1.29, 1.82) is 0 Å². The lowest BCUT2D eigenvalue weighted by molar-refractivity contribution is -0.0366. The molecule has 2 rings (SSSR count). The predicted molar refractivity (Wildman–Crippen MR) is 48.6 cm³/mol. The van der Waals surface area contributed by atoms with Gasteiger partial charge >= 0.3 is 0 Å². The third-order valence-corrected chi connectivity index (χ3v) is 2.41. The summed E-state index contributed by atoms with van der Waals surface area (Å²) in [5, 5.41) is 9.31. The van der Waals surface area contributed by atoms with E-state index in [0.29, 0.717) is 0 Å². The van der Waals surface area contributed by atoms with E-state index in [1.165, 1.54) is 0 Å². The third-order valence-electron chi connectivity index (χ3n) is 2.41. The number of hydrogen-bond acceptors (Lipinski definition) is 3. The molecule has 1 fully saturated rings. The minimum atomic E-state index is -0.292. The zero-order chi connectivity index (χ0) is 9.26. The summed E-state index contributed by atoms with van der Waals surface area (Å²) in [6.45, 7) is 1.90. The summed E-state index contributed by atoms with van der Waals surface area (Å²) in [4.78, 5) is 4.11. The van der Waals surface area contributed by atoms with E-state index < -0.39 is 0 Å². The molecule has 1 aromatic heterocycles. The summed E-state index contributed by atoms with van der Waals surface area (Å²) in [6.07, 6.45) is 3.21. The van der Waals surface area contributed by atoms with Gasteiger partial charge in [0, 0.05) is 6.20 Å². The number of aliphatic hydroxyl groups is 1. The highest BCUT2D eigenvalue weighted by atomic mass is 16.5. The van der Waals surface area contributed by atoms with Gasteiger partial charge in [0.05, 0.1) is 11.8 Å². The fraction of sp³-hybridized carbons (Fsp3) is 0.500. The maximum atomic E-state index is 9.31. The molecule has 13 heavy (non-hydrogen) atoms. The van der Waals surface area contributed by atoms with Crippen LogP contribution in [0.4, 0.5) is 0 Å². The van der Waals surface area contributed by atoms with Gasteiger partial charge in [-0.15, -0.1) is 0 Å². The van der Waals surface area contributed by atoms with Crippen LogP contribution in [0.5, 0.6) is 5.75 Å². The monoisotopic (exact) mass is 179 g/mol. The third kappa shape index (κ3) is 1.65. The largest absolute Gasteiger partial charge is 0.486 e. The molecule has 3 nitrogen and oxygen atoms in total. The van der Waals surface area contributed by atoms with Crippen molar-refractivity contribution in [3.63, 3.8) is 0 Å². The zero-order valence-electron chi connectivity index (χ0n) is 7.60. The van der Waals surface area contributed by atoms with Crippen molar-refractivity contribution < 1.29 is 9.84 Å². The number of rotatable bonds is 2. The Labute approximate surface area is 77.4 Å². The fourth-order valence-electron chi connectivity index (χ4n) is 1.35. The second kappa shape index (κ2) is 3.34. The second-order valence-electron chi connectivity index (χ2n) is 3.39. The van der Waals surface area contributed by atoms with Crippen LogP contribution in [0, 0.1) is 6.92 Å². The topological polar surface area (TPSA) is 42.4 Å². The Morgan fingerprint density at radius 2 is 2.38 bits per heavy atom. The molecule has 1 heterocycles. The van der Waals surface area contributed by atoms with E-state index in [2.05, 4.69) is 4.98 Å². The molecule has 0 unspecified atom stereocenters. The van der Waals surface area contributed by atoms with E-state index in [-0.39, 0.29) is 12.2 Å². The summed E-state index contributed by atoms with van der Waals surface area (Å²) >= 11 is 0. The Hall–Kier alpha value is -1.09. The highest BCUT2D eigenvalue weighted by Gasteiger charge is 2.30. The van der Waals surface area contributed by atoms with Crippen LogP contribution in [0.25, 0.3) is 0 Å². The van der Waals surface area contributed by atoms with Crippen LogP contribution < -0.4 is 4.74 Å². The quantitative estimate of drug-likeness (QED) is 0.744. The minimum absolute atomic E-state index is 0.0251. The van der Waals surface area contributed by atoms with E-state index in [1.807, 2.05) is 19.1 Å². The van der Waals surface area contributed by atoms with Gasteiger partial charge in [0.2, 0.25) is 0 Å². The van der Waals surface area contributed by atoms with E-state index in [0.717, 1.165) is 24.3 Å². The van der Waals surface area contributed by atoms with Gasteiger partial charge in [0.1, 0.15) is 11.9 Å². The molecule has 1 aliphatic carbocycles. The van der Waals surface area contributed by atoms with Gasteiger partial charge in [-0.25, -0.2) is 0 Å². The van der Waals surface area contributed by atoms with Crippen LogP contribution in [-0.2, 0) is 0 Å². The molecule has 0 radical (unpaired) electrons. The lowest BCUT2D eigenvalue weighted by Gasteiger charge is -2.32. The Morgan fingerprint density at radius 1 is 1.54 bits per heavy atom. The lowest BCUT2D eigenvalue weighted by Crippen LogP contribution is -2.41. The SMILES string of the molecule is Cc1ncccc1O[C@@H]1CC[C@H]1O. The number of nitrogens with zero attached hydrogens (tertiary/aromatic N) is 1. The molecule has 0 saturated heterocycles. The van der Waals surface area contributed by atoms with E-state index >= 15 is 0 Å². The molecular weight excluding hydrogens is 166 g/mol. The highest BCUT2D eigenvalue weighted by molar-refractivity contribution is 5.25. The van der Waals surface area contributed by atoms with E-state index in [1.54, 1.807) is 6.20 Å². The Morgan fingerprint density at radius 3 is 2.92 bits per heavy atom. The molecule has 1 aliphatic rings. The Kier molecular flexibility index (Phi) is 2.19. The van der Waals surface area contributed by atoms with Gasteiger partial charge in [-0.1, -0.05) is 0 Å². The molecular formula is C10H13NO2. The van der Waals surface area contributed by atoms with Crippen molar-refractivity contribution in [2.45, 2.75) is 32.0 Å². The molecule has 0 spiro atoms. The van der Waals surface area contributed by atoms with E-state index in [9.17, 15) is 5.11 Å². The van der Waals surface area contributed by atoms with E-state index in [4.69, 9.17) is 4.74 Å². The van der Waals surface area contributed by atoms with Crippen molar-refractivity contribution >= 4 is 0 Å². The van der Waals surface area contributed by atoms with Crippen LogP contribution >= 0.6 is 0 Å².